The molecule has 1 heterocycles. The van der Waals surface area contributed by atoms with Gasteiger partial charge in [-0.05, 0) is 11.3 Å². The first-order valence-electron chi connectivity index (χ1n) is 5.63. The van der Waals surface area contributed by atoms with Gasteiger partial charge in [0.05, 0.1) is 26.4 Å². The molecule has 2 aromatic rings. The molecule has 12 nitrogen and oxygen atoms in total. The number of hydrogen-bond donors (Lipinski definition) is 1. The van der Waals surface area contributed by atoms with Gasteiger partial charge in [0.2, 0.25) is 0 Å². The average Bonchev–Trinajstić information content (AvgIpc) is 2.95. The van der Waals surface area contributed by atoms with E-state index in [9.17, 15) is 35.1 Å². The Morgan fingerprint density at radius 3 is 2.00 bits per heavy atom. The molecule has 1 aromatic heterocycles. The van der Waals surface area contributed by atoms with Crippen LogP contribution in [0.5, 0.6) is 0 Å². The third-order valence-corrected chi connectivity index (χ3v) is 3.34. The van der Waals surface area contributed by atoms with Crippen LogP contribution < -0.4 is 5.32 Å². The molecule has 1 amide bonds. The monoisotopic (exact) mass is 339 g/mol. The highest BCUT2D eigenvalue weighted by Crippen LogP contribution is 2.27. The van der Waals surface area contributed by atoms with Gasteiger partial charge in [-0.25, -0.2) is 4.98 Å². The third-order valence-electron chi connectivity index (χ3n) is 2.48. The molecule has 0 aliphatic rings. The van der Waals surface area contributed by atoms with E-state index in [1.165, 1.54) is 0 Å². The number of hydrogen-bond acceptors (Lipinski definition) is 9. The lowest BCUT2D eigenvalue weighted by Crippen LogP contribution is -2.12. The third kappa shape index (κ3) is 3.59. The summed E-state index contributed by atoms with van der Waals surface area (Å²) in [7, 11) is 0. The zero-order valence-corrected chi connectivity index (χ0v) is 11.7. The van der Waals surface area contributed by atoms with E-state index in [2.05, 4.69) is 10.3 Å². The second kappa shape index (κ2) is 6.10. The van der Waals surface area contributed by atoms with Gasteiger partial charge in [0.1, 0.15) is 6.20 Å². The Bertz CT molecular complexity index is 801. The number of nitro benzene ring substituents is 2. The fraction of sp³-hybridized carbons (Fsp3) is 0. The van der Waals surface area contributed by atoms with Crippen molar-refractivity contribution in [3.05, 3.63) is 60.3 Å². The lowest BCUT2D eigenvalue weighted by Gasteiger charge is -2.02. The number of thiazole rings is 1. The van der Waals surface area contributed by atoms with Gasteiger partial charge >= 0.3 is 5.00 Å². The Balaban J connectivity index is 2.32. The molecule has 0 radical (unpaired) electrons. The molecule has 118 valence electrons. The first kappa shape index (κ1) is 15.9. The second-order valence-corrected chi connectivity index (χ2v) is 4.98. The van der Waals surface area contributed by atoms with Crippen molar-refractivity contribution in [3.8, 4) is 0 Å². The first-order chi connectivity index (χ1) is 10.8. The molecule has 0 spiro atoms. The fourth-order valence-electron chi connectivity index (χ4n) is 1.51. The Hall–Kier alpha value is -3.48. The van der Waals surface area contributed by atoms with Crippen molar-refractivity contribution in [1.82, 2.24) is 4.98 Å². The number of aromatic nitrogens is 1. The quantitative estimate of drug-likeness (QED) is 0.637. The number of anilines is 1. The smallest absolute Gasteiger partial charge is 0.298 e. The Kier molecular flexibility index (Phi) is 4.22. The largest absolute Gasteiger partial charge is 0.345 e. The van der Waals surface area contributed by atoms with Crippen molar-refractivity contribution in [3.63, 3.8) is 0 Å². The lowest BCUT2D eigenvalue weighted by molar-refractivity contribution is -0.394. The van der Waals surface area contributed by atoms with Crippen LogP contribution in [0.25, 0.3) is 0 Å². The number of benzene rings is 1. The van der Waals surface area contributed by atoms with Crippen LogP contribution in [0.3, 0.4) is 0 Å². The van der Waals surface area contributed by atoms with E-state index in [1.807, 2.05) is 0 Å². The minimum absolute atomic E-state index is 0.115. The van der Waals surface area contributed by atoms with Crippen molar-refractivity contribution < 1.29 is 19.6 Å². The standard InChI is InChI=1S/C10H5N5O7S/c16-9(12-10-11-4-8(23-10)15(21)22)5-1-6(13(17)18)3-7(2-5)14(19)20/h1-4H,(H,11,12,16). The summed E-state index contributed by atoms with van der Waals surface area (Å²) in [5, 5.41) is 33.8. The maximum absolute atomic E-state index is 12.0. The minimum atomic E-state index is -0.916. The summed E-state index contributed by atoms with van der Waals surface area (Å²) in [6.45, 7) is 0. The molecular formula is C10H5N5O7S. The second-order valence-electron chi connectivity index (χ2n) is 3.97. The van der Waals surface area contributed by atoms with Crippen molar-refractivity contribution in [2.24, 2.45) is 0 Å². The molecule has 0 saturated carbocycles. The van der Waals surface area contributed by atoms with Crippen molar-refractivity contribution in [1.29, 1.82) is 0 Å². The molecule has 2 rings (SSSR count). The van der Waals surface area contributed by atoms with Gasteiger partial charge in [-0.2, -0.15) is 0 Å². The zero-order valence-electron chi connectivity index (χ0n) is 10.9. The predicted molar refractivity (Wildman–Crippen MR) is 76.5 cm³/mol. The maximum atomic E-state index is 12.0. The topological polar surface area (TPSA) is 171 Å². The molecule has 1 N–H and O–H groups in total. The molecule has 0 aliphatic carbocycles. The van der Waals surface area contributed by atoms with E-state index in [0.29, 0.717) is 17.4 Å². The summed E-state index contributed by atoms with van der Waals surface area (Å²) in [5.41, 5.74) is -1.60. The number of carbonyl (C=O) groups is 1. The normalized spacial score (nSPS) is 10.1. The Labute approximate surface area is 129 Å². The number of rotatable bonds is 5. The summed E-state index contributed by atoms with van der Waals surface area (Å²) < 4.78 is 0. The van der Waals surface area contributed by atoms with E-state index < -0.39 is 32.1 Å². The van der Waals surface area contributed by atoms with Crippen LogP contribution in [-0.2, 0) is 0 Å². The van der Waals surface area contributed by atoms with Crippen molar-refractivity contribution >= 4 is 38.8 Å². The number of nitrogens with zero attached hydrogens (tertiary/aromatic N) is 4. The van der Waals surface area contributed by atoms with Crippen molar-refractivity contribution in [2.45, 2.75) is 0 Å². The van der Waals surface area contributed by atoms with Crippen LogP contribution in [0, 0.1) is 30.3 Å². The predicted octanol–water partition coefficient (Wildman–Crippen LogP) is 2.12. The van der Waals surface area contributed by atoms with Crippen LogP contribution in [0.4, 0.5) is 21.5 Å². The summed E-state index contributed by atoms with van der Waals surface area (Å²) >= 11 is 0.575. The molecule has 1 aromatic carbocycles. The van der Waals surface area contributed by atoms with Crippen LogP contribution in [0.1, 0.15) is 10.4 Å². The summed E-state index contributed by atoms with van der Waals surface area (Å²) in [4.78, 5) is 45.2. The van der Waals surface area contributed by atoms with Gasteiger partial charge < -0.3 is 0 Å². The Morgan fingerprint density at radius 1 is 1.00 bits per heavy atom. The molecule has 0 fully saturated rings. The SMILES string of the molecule is O=C(Nc1ncc([N+](=O)[O-])s1)c1cc([N+](=O)[O-])cc([N+](=O)[O-])c1. The molecule has 0 aliphatic heterocycles. The number of nitrogens with one attached hydrogen (secondary N) is 1. The average molecular weight is 339 g/mol. The molecular weight excluding hydrogens is 334 g/mol. The van der Waals surface area contributed by atoms with Gasteiger partial charge in [0.15, 0.2) is 5.13 Å². The van der Waals surface area contributed by atoms with Gasteiger partial charge in [0.25, 0.3) is 17.3 Å². The van der Waals surface area contributed by atoms with Gasteiger partial charge in [-0.3, -0.25) is 40.5 Å². The van der Waals surface area contributed by atoms with Gasteiger partial charge in [0, 0.05) is 12.1 Å². The Morgan fingerprint density at radius 2 is 1.57 bits per heavy atom. The van der Waals surface area contributed by atoms with E-state index >= 15 is 0 Å². The molecule has 0 saturated heterocycles. The number of carbonyl (C=O) groups excluding carboxylic acids is 1. The minimum Gasteiger partial charge on any atom is -0.298 e. The summed E-state index contributed by atoms with van der Waals surface area (Å²) in [6, 6.07) is 2.42. The van der Waals surface area contributed by atoms with Crippen LogP contribution in [0.15, 0.2) is 24.4 Å². The van der Waals surface area contributed by atoms with Gasteiger partial charge in [-0.15, -0.1) is 0 Å². The number of nitro groups is 3. The van der Waals surface area contributed by atoms with E-state index in [-0.39, 0.29) is 15.7 Å². The summed E-state index contributed by atoms with van der Waals surface area (Å²) in [6.07, 6.45) is 0.927. The van der Waals surface area contributed by atoms with Crippen LogP contribution >= 0.6 is 11.3 Å². The van der Waals surface area contributed by atoms with Crippen LogP contribution in [0.2, 0.25) is 0 Å². The maximum Gasteiger partial charge on any atom is 0.345 e. The lowest BCUT2D eigenvalue weighted by atomic mass is 10.1. The van der Waals surface area contributed by atoms with Gasteiger partial charge in [-0.1, -0.05) is 0 Å². The van der Waals surface area contributed by atoms with Crippen molar-refractivity contribution in [2.75, 3.05) is 5.32 Å². The molecule has 0 atom stereocenters. The van der Waals surface area contributed by atoms with E-state index in [1.54, 1.807) is 0 Å². The molecule has 0 unspecified atom stereocenters. The molecule has 0 bridgehead atoms. The van der Waals surface area contributed by atoms with Crippen LogP contribution in [-0.4, -0.2) is 25.7 Å². The zero-order chi connectivity index (χ0) is 17.1. The summed E-state index contributed by atoms with van der Waals surface area (Å²) in [5.74, 6) is -0.916. The fourth-order valence-corrected chi connectivity index (χ4v) is 2.14. The van der Waals surface area contributed by atoms with E-state index in [0.717, 1.165) is 18.3 Å². The van der Waals surface area contributed by atoms with E-state index in [4.69, 9.17) is 0 Å². The molecule has 23 heavy (non-hydrogen) atoms. The molecule has 13 heteroatoms. The number of non-ortho nitro benzene ring substituents is 2. The highest BCUT2D eigenvalue weighted by Gasteiger charge is 2.21. The highest BCUT2D eigenvalue weighted by molar-refractivity contribution is 7.18. The first-order valence-corrected chi connectivity index (χ1v) is 6.45. The highest BCUT2D eigenvalue weighted by atomic mass is 32.1. The number of amides is 1.